The number of hydrogen-bond acceptors (Lipinski definition) is 15. The van der Waals surface area contributed by atoms with Gasteiger partial charge in [-0.25, -0.2) is 9.13 Å². The smallest absolute Gasteiger partial charge is 0.462 e. The Kier molecular flexibility index (Phi) is 65.2. The molecule has 0 fully saturated rings. The second-order valence-corrected chi connectivity index (χ2v) is 28.9. The van der Waals surface area contributed by atoms with Gasteiger partial charge in [0.15, 0.2) is 12.2 Å². The number of esters is 4. The summed E-state index contributed by atoms with van der Waals surface area (Å²) in [5.74, 6) is -2.13. The normalized spacial score (nSPS) is 14.0. The molecule has 91 heavy (non-hydrogen) atoms. The molecule has 540 valence electrons. The monoisotopic (exact) mass is 1340 g/mol. The summed E-state index contributed by atoms with van der Waals surface area (Å²) >= 11 is 0. The summed E-state index contributed by atoms with van der Waals surface area (Å²) in [5.41, 5.74) is 0. The van der Waals surface area contributed by atoms with E-state index in [9.17, 15) is 43.2 Å². The third-order valence-corrected chi connectivity index (χ3v) is 18.8. The lowest BCUT2D eigenvalue weighted by atomic mass is 10.0. The molecule has 0 aliphatic rings. The average molecular weight is 1340 g/mol. The topological polar surface area (TPSA) is 237 Å². The lowest BCUT2D eigenvalue weighted by Gasteiger charge is -2.21. The van der Waals surface area contributed by atoms with Crippen LogP contribution in [0.4, 0.5) is 0 Å². The van der Waals surface area contributed by atoms with E-state index in [1.165, 1.54) is 205 Å². The lowest BCUT2D eigenvalue weighted by Crippen LogP contribution is -2.30. The highest BCUT2D eigenvalue weighted by atomic mass is 31.2. The third-order valence-electron chi connectivity index (χ3n) is 16.9. The minimum atomic E-state index is -4.95. The molecule has 0 radical (unpaired) electrons. The standard InChI is InChI=1S/C72H140O17P2/c1-5-9-13-17-20-23-26-29-32-34-37-39-42-45-49-53-57-70(75)83-63-68(89-72(77)59-55-51-47-44-41-38-35-33-30-27-24-21-18-14-10-6-2)65-87-91(80,81)85-61-66(73)60-84-90(78,79)86-64-67(62-82-69(74)56-52-48-16-12-8-4)88-71(76)58-54-50-46-43-40-36-31-28-25-22-19-15-11-7-3/h66-68,73H,5-65H2,1-4H3,(H,78,79)(H,80,81)/t66-,67+,68+/m0/s1. The summed E-state index contributed by atoms with van der Waals surface area (Å²) in [7, 11) is -9.89. The van der Waals surface area contributed by atoms with Crippen LogP contribution in [0.2, 0.25) is 0 Å². The molecule has 0 aromatic rings. The van der Waals surface area contributed by atoms with Crippen molar-refractivity contribution in [3.63, 3.8) is 0 Å². The molecule has 17 nitrogen and oxygen atoms in total. The second kappa shape index (κ2) is 66.7. The first-order chi connectivity index (χ1) is 44.2. The molecule has 0 saturated carbocycles. The number of carbonyl (C=O) groups excluding carboxylic acids is 4. The Morgan fingerprint density at radius 1 is 0.264 bits per heavy atom. The van der Waals surface area contributed by atoms with Crippen LogP contribution in [0, 0.1) is 0 Å². The first kappa shape index (κ1) is 89.1. The van der Waals surface area contributed by atoms with Gasteiger partial charge in [-0.05, 0) is 25.7 Å². The largest absolute Gasteiger partial charge is 0.472 e. The molecule has 0 rings (SSSR count). The highest BCUT2D eigenvalue weighted by Crippen LogP contribution is 2.45. The van der Waals surface area contributed by atoms with Crippen molar-refractivity contribution >= 4 is 39.5 Å². The molecular formula is C72H140O17P2. The number of unbranched alkanes of at least 4 members (excludes halogenated alkanes) is 47. The average Bonchev–Trinajstić information content (AvgIpc) is 2.58. The fraction of sp³-hybridized carbons (Fsp3) is 0.944. The van der Waals surface area contributed by atoms with Crippen molar-refractivity contribution in [3.8, 4) is 0 Å². The van der Waals surface area contributed by atoms with Crippen molar-refractivity contribution in [1.29, 1.82) is 0 Å². The van der Waals surface area contributed by atoms with Crippen LogP contribution in [0.25, 0.3) is 0 Å². The number of ether oxygens (including phenoxy) is 4. The van der Waals surface area contributed by atoms with Gasteiger partial charge >= 0.3 is 39.5 Å². The van der Waals surface area contributed by atoms with Crippen molar-refractivity contribution in [3.05, 3.63) is 0 Å². The molecule has 2 unspecified atom stereocenters. The first-order valence-electron chi connectivity index (χ1n) is 37.8. The first-order valence-corrected chi connectivity index (χ1v) is 40.8. The Hall–Kier alpha value is -1.94. The van der Waals surface area contributed by atoms with Crippen LogP contribution in [0.3, 0.4) is 0 Å². The van der Waals surface area contributed by atoms with Gasteiger partial charge in [-0.15, -0.1) is 0 Å². The van der Waals surface area contributed by atoms with Gasteiger partial charge in [0.25, 0.3) is 0 Å². The van der Waals surface area contributed by atoms with Crippen LogP contribution < -0.4 is 0 Å². The number of rotatable bonds is 73. The Balaban J connectivity index is 5.15. The Bertz CT molecular complexity index is 1740. The van der Waals surface area contributed by atoms with E-state index in [0.29, 0.717) is 25.7 Å². The van der Waals surface area contributed by atoms with E-state index >= 15 is 0 Å². The van der Waals surface area contributed by atoms with Crippen LogP contribution in [-0.4, -0.2) is 96.7 Å². The number of phosphoric acid groups is 2. The van der Waals surface area contributed by atoms with Gasteiger partial charge in [0.1, 0.15) is 19.3 Å². The number of carbonyl (C=O) groups is 4. The molecule has 0 amide bonds. The third kappa shape index (κ3) is 66.5. The summed E-state index contributed by atoms with van der Waals surface area (Å²) < 4.78 is 68.2. The van der Waals surface area contributed by atoms with Gasteiger partial charge in [-0.1, -0.05) is 329 Å². The predicted molar refractivity (Wildman–Crippen MR) is 368 cm³/mol. The molecular weight excluding hydrogens is 1200 g/mol. The molecule has 0 saturated heterocycles. The number of aliphatic hydroxyl groups is 1. The summed E-state index contributed by atoms with van der Waals surface area (Å²) in [6.45, 7) is 4.89. The highest BCUT2D eigenvalue weighted by molar-refractivity contribution is 7.47. The molecule has 3 N–H and O–H groups in total. The van der Waals surface area contributed by atoms with E-state index in [-0.39, 0.29) is 25.7 Å². The predicted octanol–water partition coefficient (Wildman–Crippen LogP) is 21.1. The van der Waals surface area contributed by atoms with Gasteiger partial charge in [0.05, 0.1) is 26.4 Å². The maximum absolute atomic E-state index is 13.0. The lowest BCUT2D eigenvalue weighted by molar-refractivity contribution is -0.161. The second-order valence-electron chi connectivity index (χ2n) is 26.0. The maximum Gasteiger partial charge on any atom is 0.472 e. The van der Waals surface area contributed by atoms with Crippen LogP contribution in [0.5, 0.6) is 0 Å². The zero-order valence-corrected chi connectivity index (χ0v) is 60.6. The van der Waals surface area contributed by atoms with Crippen molar-refractivity contribution in [1.82, 2.24) is 0 Å². The summed E-state index contributed by atoms with van der Waals surface area (Å²) in [4.78, 5) is 72.4. The van der Waals surface area contributed by atoms with E-state index in [4.69, 9.17) is 37.0 Å². The molecule has 0 aromatic heterocycles. The SMILES string of the molecule is CCCCCCCCCCCCCCCCCCC(=O)OC[C@H](COP(=O)(O)OC[C@@H](O)COP(=O)(O)OC[C@@H](COC(=O)CCCCCCC)OC(=O)CCCCCCCCCCCCCCCC)OC(=O)CCCCCCCCCCCCCCCCCC. The fourth-order valence-corrected chi connectivity index (χ4v) is 12.6. The molecule has 5 atom stereocenters. The van der Waals surface area contributed by atoms with Gasteiger partial charge in [0, 0.05) is 25.7 Å². The molecule has 0 aromatic carbocycles. The van der Waals surface area contributed by atoms with Gasteiger partial charge in [-0.2, -0.15) is 0 Å². The molecule has 0 aliphatic carbocycles. The zero-order chi connectivity index (χ0) is 66.8. The quantitative estimate of drug-likeness (QED) is 0.0222. The maximum atomic E-state index is 13.0. The van der Waals surface area contributed by atoms with Crippen LogP contribution in [0.1, 0.15) is 381 Å². The van der Waals surface area contributed by atoms with E-state index in [0.717, 1.165) is 96.3 Å². The van der Waals surface area contributed by atoms with E-state index < -0.39 is 97.5 Å². The van der Waals surface area contributed by atoms with Crippen LogP contribution in [-0.2, 0) is 65.4 Å². The number of hydrogen-bond donors (Lipinski definition) is 3. The Morgan fingerprint density at radius 3 is 0.648 bits per heavy atom. The minimum absolute atomic E-state index is 0.107. The van der Waals surface area contributed by atoms with Crippen molar-refractivity contribution < 1.29 is 80.2 Å². The molecule has 0 bridgehead atoms. The van der Waals surface area contributed by atoms with Crippen LogP contribution >= 0.6 is 15.6 Å². The number of phosphoric ester groups is 2. The van der Waals surface area contributed by atoms with Crippen molar-refractivity contribution in [2.75, 3.05) is 39.6 Å². The summed E-state index contributed by atoms with van der Waals surface area (Å²) in [6.07, 6.45) is 55.8. The van der Waals surface area contributed by atoms with E-state index in [1.807, 2.05) is 0 Å². The van der Waals surface area contributed by atoms with Crippen molar-refractivity contribution in [2.24, 2.45) is 0 Å². The molecule has 19 heteroatoms. The fourth-order valence-electron chi connectivity index (χ4n) is 11.0. The van der Waals surface area contributed by atoms with Gasteiger partial charge in [-0.3, -0.25) is 37.3 Å². The molecule has 0 aliphatic heterocycles. The van der Waals surface area contributed by atoms with E-state index in [1.54, 1.807) is 0 Å². The van der Waals surface area contributed by atoms with Gasteiger partial charge < -0.3 is 33.8 Å². The molecule has 0 spiro atoms. The minimum Gasteiger partial charge on any atom is -0.462 e. The summed E-state index contributed by atoms with van der Waals surface area (Å²) in [5, 5.41) is 10.6. The van der Waals surface area contributed by atoms with Gasteiger partial charge in [0.2, 0.25) is 0 Å². The molecule has 0 heterocycles. The van der Waals surface area contributed by atoms with E-state index in [2.05, 4.69) is 27.7 Å². The highest BCUT2D eigenvalue weighted by Gasteiger charge is 2.30. The zero-order valence-electron chi connectivity index (χ0n) is 58.8. The summed E-state index contributed by atoms with van der Waals surface area (Å²) in [6, 6.07) is 0. The number of aliphatic hydroxyl groups excluding tert-OH is 1. The van der Waals surface area contributed by atoms with Crippen molar-refractivity contribution in [2.45, 2.75) is 399 Å². The Morgan fingerprint density at radius 2 is 0.440 bits per heavy atom. The Labute approximate surface area is 556 Å². The van der Waals surface area contributed by atoms with Crippen LogP contribution in [0.15, 0.2) is 0 Å².